The monoisotopic (exact) mass is 246 g/mol. The maximum atomic E-state index is 4.51. The molecule has 1 aliphatic heterocycles. The minimum atomic E-state index is 0.626. The number of aromatic nitrogens is 2. The summed E-state index contributed by atoms with van der Waals surface area (Å²) in [5.74, 6) is 1.82. The topological polar surface area (TPSA) is 41.1 Å². The Morgan fingerprint density at radius 3 is 2.72 bits per heavy atom. The fourth-order valence-electron chi connectivity index (χ4n) is 2.75. The lowest BCUT2D eigenvalue weighted by atomic mass is 10.1. The first-order valence-electron chi connectivity index (χ1n) is 6.65. The molecule has 1 atom stereocenters. The molecule has 4 heteroatoms. The summed E-state index contributed by atoms with van der Waals surface area (Å²) in [6, 6.07) is 0. The van der Waals surface area contributed by atoms with Gasteiger partial charge in [-0.2, -0.15) is 0 Å². The third-order valence-corrected chi connectivity index (χ3v) is 3.67. The summed E-state index contributed by atoms with van der Waals surface area (Å²) in [6.07, 6.45) is 4.08. The van der Waals surface area contributed by atoms with Crippen LogP contribution in [0.1, 0.15) is 30.5 Å². The third-order valence-electron chi connectivity index (χ3n) is 3.67. The van der Waals surface area contributed by atoms with Crippen LogP contribution in [0.3, 0.4) is 0 Å². The molecule has 0 bridgehead atoms. The zero-order chi connectivity index (χ0) is 13.0. The van der Waals surface area contributed by atoms with Gasteiger partial charge in [-0.15, -0.1) is 13.2 Å². The predicted octanol–water partition coefficient (Wildman–Crippen LogP) is 1.74. The van der Waals surface area contributed by atoms with Crippen LogP contribution in [0.4, 0.5) is 5.82 Å². The Labute approximate surface area is 109 Å². The van der Waals surface area contributed by atoms with E-state index in [1.165, 1.54) is 23.5 Å². The van der Waals surface area contributed by atoms with Gasteiger partial charge in [0.05, 0.1) is 0 Å². The van der Waals surface area contributed by atoms with E-state index in [0.29, 0.717) is 5.92 Å². The molecule has 18 heavy (non-hydrogen) atoms. The van der Waals surface area contributed by atoms with E-state index in [1.807, 2.05) is 0 Å². The molecule has 0 spiro atoms. The molecule has 2 aliphatic rings. The molecular formula is C14H22N4. The molecule has 1 saturated heterocycles. The highest BCUT2D eigenvalue weighted by Gasteiger charge is 2.26. The number of rotatable bonds is 1. The van der Waals surface area contributed by atoms with Crippen molar-refractivity contribution >= 4 is 5.82 Å². The Morgan fingerprint density at radius 2 is 2.00 bits per heavy atom. The predicted molar refractivity (Wildman–Crippen MR) is 75.1 cm³/mol. The molecule has 0 saturated carbocycles. The second-order valence-corrected chi connectivity index (χ2v) is 4.73. The summed E-state index contributed by atoms with van der Waals surface area (Å²) < 4.78 is 0. The minimum absolute atomic E-state index is 0.626. The van der Waals surface area contributed by atoms with Crippen molar-refractivity contribution in [1.82, 2.24) is 15.3 Å². The van der Waals surface area contributed by atoms with Crippen LogP contribution in [0.15, 0.2) is 19.5 Å². The van der Waals surface area contributed by atoms with E-state index in [2.05, 4.69) is 40.3 Å². The van der Waals surface area contributed by atoms with Crippen LogP contribution >= 0.6 is 0 Å². The lowest BCUT2D eigenvalue weighted by molar-refractivity contribution is 0.581. The summed E-state index contributed by atoms with van der Waals surface area (Å²) in [4.78, 5) is 11.3. The first-order chi connectivity index (χ1) is 8.86. The molecule has 2 heterocycles. The van der Waals surface area contributed by atoms with E-state index in [1.54, 1.807) is 6.33 Å². The average Bonchev–Trinajstić information content (AvgIpc) is 2.84. The molecule has 0 aromatic carbocycles. The van der Waals surface area contributed by atoms with Crippen molar-refractivity contribution < 1.29 is 0 Å². The van der Waals surface area contributed by atoms with Gasteiger partial charge in [0.1, 0.15) is 12.1 Å². The van der Waals surface area contributed by atoms with E-state index in [-0.39, 0.29) is 0 Å². The lowest BCUT2D eigenvalue weighted by Crippen LogP contribution is -2.44. The molecule has 98 valence electrons. The van der Waals surface area contributed by atoms with E-state index in [0.717, 1.165) is 32.6 Å². The fourth-order valence-corrected chi connectivity index (χ4v) is 2.75. The number of hydrogen-bond acceptors (Lipinski definition) is 4. The summed E-state index contributed by atoms with van der Waals surface area (Å²) in [5.41, 5.74) is 2.68. The maximum absolute atomic E-state index is 4.51. The highest BCUT2D eigenvalue weighted by Crippen LogP contribution is 2.36. The molecular weight excluding hydrogens is 224 g/mol. The van der Waals surface area contributed by atoms with Gasteiger partial charge in [-0.3, -0.25) is 0 Å². The van der Waals surface area contributed by atoms with Crippen LogP contribution in [0.2, 0.25) is 0 Å². The van der Waals surface area contributed by atoms with E-state index in [4.69, 9.17) is 0 Å². The average molecular weight is 246 g/mol. The Morgan fingerprint density at radius 1 is 1.28 bits per heavy atom. The van der Waals surface area contributed by atoms with Gasteiger partial charge in [-0.05, 0) is 18.8 Å². The molecule has 1 aromatic rings. The number of hydrogen-bond donors (Lipinski definition) is 1. The highest BCUT2D eigenvalue weighted by atomic mass is 15.2. The minimum Gasteiger partial charge on any atom is -0.354 e. The number of nitrogens with zero attached hydrogens (tertiary/aromatic N) is 3. The first-order valence-corrected chi connectivity index (χ1v) is 6.65. The van der Waals surface area contributed by atoms with Gasteiger partial charge in [0, 0.05) is 37.4 Å². The van der Waals surface area contributed by atoms with E-state index >= 15 is 0 Å². The van der Waals surface area contributed by atoms with Crippen molar-refractivity contribution in [3.05, 3.63) is 30.7 Å². The Balaban J connectivity index is 0.000000574. The molecule has 1 fully saturated rings. The van der Waals surface area contributed by atoms with Crippen LogP contribution in [0, 0.1) is 0 Å². The largest absolute Gasteiger partial charge is 0.354 e. The lowest BCUT2D eigenvalue weighted by Gasteiger charge is -2.30. The molecule has 1 aliphatic carbocycles. The Kier molecular flexibility index (Phi) is 4.31. The van der Waals surface area contributed by atoms with Crippen molar-refractivity contribution in [3.8, 4) is 0 Å². The third kappa shape index (κ3) is 2.38. The van der Waals surface area contributed by atoms with Crippen LogP contribution in [0.25, 0.3) is 0 Å². The van der Waals surface area contributed by atoms with Crippen molar-refractivity contribution in [2.24, 2.45) is 0 Å². The highest BCUT2D eigenvalue weighted by molar-refractivity contribution is 5.52. The van der Waals surface area contributed by atoms with E-state index in [9.17, 15) is 0 Å². The van der Waals surface area contributed by atoms with Gasteiger partial charge in [0.15, 0.2) is 0 Å². The van der Waals surface area contributed by atoms with E-state index < -0.39 is 0 Å². The zero-order valence-corrected chi connectivity index (χ0v) is 11.2. The van der Waals surface area contributed by atoms with Gasteiger partial charge in [-0.25, -0.2) is 9.97 Å². The van der Waals surface area contributed by atoms with Gasteiger partial charge < -0.3 is 10.2 Å². The summed E-state index contributed by atoms with van der Waals surface area (Å²) >= 11 is 0. The van der Waals surface area contributed by atoms with Crippen molar-refractivity contribution in [3.63, 3.8) is 0 Å². The summed E-state index contributed by atoms with van der Waals surface area (Å²) in [5, 5.41) is 3.38. The SMILES string of the molecule is C=C.CC1CCc2ncnc(N3CCNCC3)c21. The molecule has 1 N–H and O–H groups in total. The normalized spacial score (nSPS) is 22.1. The second-order valence-electron chi connectivity index (χ2n) is 4.73. The molecule has 3 rings (SSSR count). The smallest absolute Gasteiger partial charge is 0.135 e. The van der Waals surface area contributed by atoms with Crippen molar-refractivity contribution in [2.45, 2.75) is 25.7 Å². The van der Waals surface area contributed by atoms with Gasteiger partial charge in [0.2, 0.25) is 0 Å². The van der Waals surface area contributed by atoms with Gasteiger partial charge >= 0.3 is 0 Å². The first kappa shape index (κ1) is 13.0. The van der Waals surface area contributed by atoms with Gasteiger partial charge in [-0.1, -0.05) is 6.92 Å². The van der Waals surface area contributed by atoms with Crippen LogP contribution in [-0.4, -0.2) is 36.1 Å². The fraction of sp³-hybridized carbons (Fsp3) is 0.571. The number of piperazine rings is 1. The second kappa shape index (κ2) is 5.96. The molecule has 0 amide bonds. The summed E-state index contributed by atoms with van der Waals surface area (Å²) in [6.45, 7) is 12.5. The quantitative estimate of drug-likeness (QED) is 0.766. The Bertz CT molecular complexity index is 399. The van der Waals surface area contributed by atoms with Crippen LogP contribution in [0.5, 0.6) is 0 Å². The maximum Gasteiger partial charge on any atom is 0.135 e. The number of anilines is 1. The molecule has 0 radical (unpaired) electrons. The summed E-state index contributed by atoms with van der Waals surface area (Å²) in [7, 11) is 0. The standard InChI is InChI=1S/C12H18N4.C2H4/c1-9-2-3-10-11(9)12(15-8-14-10)16-6-4-13-5-7-16;1-2/h8-9,13H,2-7H2,1H3;1-2H2. The van der Waals surface area contributed by atoms with Crippen LogP contribution in [-0.2, 0) is 6.42 Å². The number of aryl methyl sites for hydroxylation is 1. The van der Waals surface area contributed by atoms with Crippen molar-refractivity contribution in [1.29, 1.82) is 0 Å². The molecule has 4 nitrogen and oxygen atoms in total. The Hall–Kier alpha value is -1.42. The number of nitrogens with one attached hydrogen (secondary N) is 1. The number of fused-ring (bicyclic) bond motifs is 1. The van der Waals surface area contributed by atoms with Crippen molar-refractivity contribution in [2.75, 3.05) is 31.1 Å². The molecule has 1 unspecified atom stereocenters. The molecule has 1 aromatic heterocycles. The zero-order valence-electron chi connectivity index (χ0n) is 11.2. The van der Waals surface area contributed by atoms with Crippen LogP contribution < -0.4 is 10.2 Å². The van der Waals surface area contributed by atoms with Gasteiger partial charge in [0.25, 0.3) is 0 Å².